The SMILES string of the molecule is CS(=O)(=O)Nc1ccccc1C(N)=O. The number of carbonyl (C=O) groups excluding carboxylic acids is 1. The summed E-state index contributed by atoms with van der Waals surface area (Å²) in [5, 5.41) is 0. The maximum atomic E-state index is 10.9. The van der Waals surface area contributed by atoms with Gasteiger partial charge in [0.15, 0.2) is 0 Å². The van der Waals surface area contributed by atoms with Crippen molar-refractivity contribution in [3.63, 3.8) is 0 Å². The van der Waals surface area contributed by atoms with E-state index in [9.17, 15) is 13.2 Å². The number of anilines is 1. The molecule has 0 unspecified atom stereocenters. The van der Waals surface area contributed by atoms with Crippen molar-refractivity contribution in [2.75, 3.05) is 11.0 Å². The Morgan fingerprint density at radius 2 is 1.93 bits per heavy atom. The van der Waals surface area contributed by atoms with E-state index in [4.69, 9.17) is 5.73 Å². The Morgan fingerprint density at radius 3 is 2.43 bits per heavy atom. The third-order valence-corrected chi connectivity index (χ3v) is 2.08. The van der Waals surface area contributed by atoms with Crippen molar-refractivity contribution >= 4 is 21.6 Å². The van der Waals surface area contributed by atoms with Crippen LogP contribution in [0.3, 0.4) is 0 Å². The molecule has 0 bridgehead atoms. The molecule has 3 N–H and O–H groups in total. The topological polar surface area (TPSA) is 89.3 Å². The number of primary amides is 1. The zero-order valence-electron chi connectivity index (χ0n) is 7.52. The summed E-state index contributed by atoms with van der Waals surface area (Å²) in [6, 6.07) is 6.14. The van der Waals surface area contributed by atoms with Crippen molar-refractivity contribution in [1.82, 2.24) is 0 Å². The molecule has 0 aliphatic heterocycles. The third-order valence-electron chi connectivity index (χ3n) is 1.49. The van der Waals surface area contributed by atoms with Crippen LogP contribution < -0.4 is 10.5 Å². The number of para-hydroxylation sites is 1. The van der Waals surface area contributed by atoms with Gasteiger partial charge in [-0.25, -0.2) is 8.42 Å². The highest BCUT2D eigenvalue weighted by Crippen LogP contribution is 2.14. The molecule has 1 amide bonds. The maximum Gasteiger partial charge on any atom is 0.250 e. The van der Waals surface area contributed by atoms with Crippen LogP contribution in [-0.2, 0) is 10.0 Å². The van der Waals surface area contributed by atoms with Gasteiger partial charge in [-0.1, -0.05) is 12.1 Å². The fraction of sp³-hybridized carbons (Fsp3) is 0.125. The molecule has 1 rings (SSSR count). The molecular weight excluding hydrogens is 204 g/mol. The zero-order valence-corrected chi connectivity index (χ0v) is 8.34. The number of carbonyl (C=O) groups is 1. The van der Waals surface area contributed by atoms with Gasteiger partial charge in [0.25, 0.3) is 5.91 Å². The normalized spacial score (nSPS) is 10.9. The van der Waals surface area contributed by atoms with Crippen LogP contribution in [0.15, 0.2) is 24.3 Å². The van der Waals surface area contributed by atoms with Crippen LogP contribution in [0, 0.1) is 0 Å². The zero-order chi connectivity index (χ0) is 10.8. The van der Waals surface area contributed by atoms with Crippen molar-refractivity contribution in [3.8, 4) is 0 Å². The number of sulfonamides is 1. The summed E-state index contributed by atoms with van der Waals surface area (Å²) in [6.07, 6.45) is 1.00. The molecule has 0 atom stereocenters. The van der Waals surface area contributed by atoms with E-state index in [0.717, 1.165) is 6.26 Å². The van der Waals surface area contributed by atoms with Gasteiger partial charge in [0.05, 0.1) is 17.5 Å². The van der Waals surface area contributed by atoms with Gasteiger partial charge in [0, 0.05) is 0 Å². The van der Waals surface area contributed by atoms with E-state index in [2.05, 4.69) is 4.72 Å². The second-order valence-electron chi connectivity index (χ2n) is 2.78. The number of benzene rings is 1. The molecule has 0 heterocycles. The average molecular weight is 214 g/mol. The van der Waals surface area contributed by atoms with Gasteiger partial charge >= 0.3 is 0 Å². The van der Waals surface area contributed by atoms with Crippen molar-refractivity contribution in [2.45, 2.75) is 0 Å². The minimum atomic E-state index is -3.39. The molecule has 14 heavy (non-hydrogen) atoms. The van der Waals surface area contributed by atoms with Crippen LogP contribution in [0.25, 0.3) is 0 Å². The smallest absolute Gasteiger partial charge is 0.250 e. The molecule has 0 saturated heterocycles. The van der Waals surface area contributed by atoms with Crippen molar-refractivity contribution in [1.29, 1.82) is 0 Å². The van der Waals surface area contributed by atoms with Crippen molar-refractivity contribution < 1.29 is 13.2 Å². The number of rotatable bonds is 3. The molecule has 0 aromatic heterocycles. The molecule has 0 saturated carbocycles. The Kier molecular flexibility index (Phi) is 2.76. The predicted octanol–water partition coefficient (Wildman–Crippen LogP) is 0.157. The molecular formula is C8H10N2O3S. The van der Waals surface area contributed by atoms with Gasteiger partial charge in [0.1, 0.15) is 0 Å². The van der Waals surface area contributed by atoms with Crippen LogP contribution >= 0.6 is 0 Å². The molecule has 6 heteroatoms. The number of nitrogens with two attached hydrogens (primary N) is 1. The van der Waals surface area contributed by atoms with Crippen LogP contribution in [0.4, 0.5) is 5.69 Å². The van der Waals surface area contributed by atoms with E-state index in [-0.39, 0.29) is 11.3 Å². The molecule has 0 fully saturated rings. The van der Waals surface area contributed by atoms with E-state index in [0.29, 0.717) is 0 Å². The number of hydrogen-bond donors (Lipinski definition) is 2. The quantitative estimate of drug-likeness (QED) is 0.750. The molecule has 0 radical (unpaired) electrons. The van der Waals surface area contributed by atoms with Crippen molar-refractivity contribution in [3.05, 3.63) is 29.8 Å². The van der Waals surface area contributed by atoms with Gasteiger partial charge in [-0.3, -0.25) is 9.52 Å². The van der Waals surface area contributed by atoms with E-state index < -0.39 is 15.9 Å². The highest BCUT2D eigenvalue weighted by atomic mass is 32.2. The van der Waals surface area contributed by atoms with E-state index >= 15 is 0 Å². The Labute approximate surface area is 82.0 Å². The average Bonchev–Trinajstić information content (AvgIpc) is 2.01. The lowest BCUT2D eigenvalue weighted by atomic mass is 10.2. The summed E-state index contributed by atoms with van der Waals surface area (Å²) < 4.78 is 24.0. The molecule has 0 aliphatic carbocycles. The van der Waals surface area contributed by atoms with E-state index in [1.165, 1.54) is 12.1 Å². The molecule has 1 aromatic rings. The van der Waals surface area contributed by atoms with Gasteiger partial charge in [0.2, 0.25) is 10.0 Å². The first kappa shape index (κ1) is 10.5. The first-order valence-corrected chi connectivity index (χ1v) is 5.66. The fourth-order valence-electron chi connectivity index (χ4n) is 0.987. The lowest BCUT2D eigenvalue weighted by molar-refractivity contribution is 0.100. The second kappa shape index (κ2) is 3.67. The number of hydrogen-bond acceptors (Lipinski definition) is 3. The Hall–Kier alpha value is -1.56. The van der Waals surface area contributed by atoms with Crippen LogP contribution in [0.2, 0.25) is 0 Å². The molecule has 0 aliphatic rings. The van der Waals surface area contributed by atoms with Crippen LogP contribution in [0.5, 0.6) is 0 Å². The highest BCUT2D eigenvalue weighted by Gasteiger charge is 2.09. The Morgan fingerprint density at radius 1 is 1.36 bits per heavy atom. The summed E-state index contributed by atoms with van der Waals surface area (Å²) >= 11 is 0. The van der Waals surface area contributed by atoms with Gasteiger partial charge in [-0.2, -0.15) is 0 Å². The first-order valence-electron chi connectivity index (χ1n) is 3.77. The number of amides is 1. The molecule has 0 spiro atoms. The molecule has 1 aromatic carbocycles. The van der Waals surface area contributed by atoms with E-state index in [1.54, 1.807) is 12.1 Å². The fourth-order valence-corrected chi connectivity index (χ4v) is 1.56. The summed E-state index contributed by atoms with van der Waals surface area (Å²) in [4.78, 5) is 10.9. The van der Waals surface area contributed by atoms with Crippen LogP contribution in [-0.4, -0.2) is 20.6 Å². The minimum absolute atomic E-state index is 0.151. The molecule has 5 nitrogen and oxygen atoms in total. The summed E-state index contributed by atoms with van der Waals surface area (Å²) in [7, 11) is -3.39. The largest absolute Gasteiger partial charge is 0.366 e. The lowest BCUT2D eigenvalue weighted by Crippen LogP contribution is -2.17. The summed E-state index contributed by atoms with van der Waals surface area (Å²) in [6.45, 7) is 0. The molecule has 76 valence electrons. The lowest BCUT2D eigenvalue weighted by Gasteiger charge is -2.06. The van der Waals surface area contributed by atoms with Crippen molar-refractivity contribution in [2.24, 2.45) is 5.73 Å². The summed E-state index contributed by atoms with van der Waals surface area (Å²) in [5.41, 5.74) is 5.41. The van der Waals surface area contributed by atoms with Gasteiger partial charge < -0.3 is 5.73 Å². The standard InChI is InChI=1S/C8H10N2O3S/c1-14(12,13)10-7-5-3-2-4-6(7)8(9)11/h2-5,10H,1H3,(H2,9,11). The minimum Gasteiger partial charge on any atom is -0.366 e. The Bertz CT molecular complexity index is 453. The van der Waals surface area contributed by atoms with E-state index in [1.807, 2.05) is 0 Å². The second-order valence-corrected chi connectivity index (χ2v) is 4.53. The number of nitrogens with one attached hydrogen (secondary N) is 1. The highest BCUT2D eigenvalue weighted by molar-refractivity contribution is 7.92. The predicted molar refractivity (Wildman–Crippen MR) is 53.4 cm³/mol. The van der Waals surface area contributed by atoms with Crippen LogP contribution in [0.1, 0.15) is 10.4 Å². The summed E-state index contributed by atoms with van der Waals surface area (Å²) in [5.74, 6) is -0.670. The third kappa shape index (κ3) is 2.74. The Balaban J connectivity index is 3.15. The maximum absolute atomic E-state index is 10.9. The monoisotopic (exact) mass is 214 g/mol. The first-order chi connectivity index (χ1) is 6.40. The van der Waals surface area contributed by atoms with Gasteiger partial charge in [-0.05, 0) is 12.1 Å². The van der Waals surface area contributed by atoms with Gasteiger partial charge in [-0.15, -0.1) is 0 Å².